The second-order valence-electron chi connectivity index (χ2n) is 6.05. The summed E-state index contributed by atoms with van der Waals surface area (Å²) < 4.78 is 23.9. The molecule has 3 rings (SSSR count). The van der Waals surface area contributed by atoms with Gasteiger partial charge in [0.2, 0.25) is 0 Å². The van der Waals surface area contributed by atoms with Gasteiger partial charge in [-0.2, -0.15) is 0 Å². The van der Waals surface area contributed by atoms with Crippen molar-refractivity contribution in [3.63, 3.8) is 0 Å². The number of ether oxygens (including phenoxy) is 1. The molecule has 128 valence electrons. The molecule has 0 saturated carbocycles. The highest BCUT2D eigenvalue weighted by atomic mass is 19.1. The number of hydrogen-bond acceptors (Lipinski definition) is 4. The van der Waals surface area contributed by atoms with Gasteiger partial charge in [0.15, 0.2) is 5.76 Å². The Balaban J connectivity index is 1.57. The van der Waals surface area contributed by atoms with Crippen LogP contribution in [0, 0.1) is 11.7 Å². The Labute approximate surface area is 139 Å². The lowest BCUT2D eigenvalue weighted by molar-refractivity contribution is 0.0727. The van der Waals surface area contributed by atoms with Crippen molar-refractivity contribution in [1.29, 1.82) is 0 Å². The molecule has 5 nitrogen and oxygen atoms in total. The first-order chi connectivity index (χ1) is 11.5. The molecule has 0 radical (unpaired) electrons. The third-order valence-corrected chi connectivity index (χ3v) is 4.26. The molecule has 0 aliphatic carbocycles. The number of furan rings is 1. The molecule has 2 atom stereocenters. The maximum absolute atomic E-state index is 12.8. The summed E-state index contributed by atoms with van der Waals surface area (Å²) in [7, 11) is 0. The number of hydrogen-bond donors (Lipinski definition) is 1. The zero-order chi connectivity index (χ0) is 17.1. The molecule has 2 unspecified atom stereocenters. The highest BCUT2D eigenvalue weighted by Gasteiger charge is 2.30. The second-order valence-corrected chi connectivity index (χ2v) is 6.05. The first-order valence-corrected chi connectivity index (χ1v) is 7.97. The van der Waals surface area contributed by atoms with E-state index >= 15 is 0 Å². The van der Waals surface area contributed by atoms with E-state index in [-0.39, 0.29) is 30.0 Å². The molecule has 2 heterocycles. The van der Waals surface area contributed by atoms with Crippen LogP contribution in [0.4, 0.5) is 4.39 Å². The minimum absolute atomic E-state index is 0.116. The summed E-state index contributed by atoms with van der Waals surface area (Å²) in [6, 6.07) is 9.02. The molecule has 0 bridgehead atoms. The van der Waals surface area contributed by atoms with Gasteiger partial charge in [-0.05, 0) is 49.7 Å². The first kappa shape index (κ1) is 16.5. The van der Waals surface area contributed by atoms with Crippen LogP contribution >= 0.6 is 0 Å². The number of benzene rings is 1. The van der Waals surface area contributed by atoms with Crippen molar-refractivity contribution in [3.05, 3.63) is 53.7 Å². The Morgan fingerprint density at radius 1 is 1.38 bits per heavy atom. The van der Waals surface area contributed by atoms with Crippen LogP contribution in [0.25, 0.3) is 0 Å². The Morgan fingerprint density at radius 3 is 2.79 bits per heavy atom. The van der Waals surface area contributed by atoms with Crippen molar-refractivity contribution in [2.45, 2.75) is 26.1 Å². The molecular weight excluding hydrogens is 313 g/mol. The smallest absolute Gasteiger partial charge is 0.289 e. The van der Waals surface area contributed by atoms with Crippen LogP contribution in [0.15, 0.2) is 40.8 Å². The predicted molar refractivity (Wildman–Crippen MR) is 85.1 cm³/mol. The van der Waals surface area contributed by atoms with E-state index in [0.717, 1.165) is 6.42 Å². The SMILES string of the molecule is CC(O)C1CCN(C(=O)c2ccc(COc3ccc(F)cc3)o2)C1. The lowest BCUT2D eigenvalue weighted by Gasteiger charge is -2.16. The summed E-state index contributed by atoms with van der Waals surface area (Å²) in [5, 5.41) is 9.62. The predicted octanol–water partition coefficient (Wildman–Crippen LogP) is 2.84. The fraction of sp³-hybridized carbons (Fsp3) is 0.389. The monoisotopic (exact) mass is 333 g/mol. The van der Waals surface area contributed by atoms with Gasteiger partial charge in [0.05, 0.1) is 6.10 Å². The maximum Gasteiger partial charge on any atom is 0.289 e. The molecule has 1 fully saturated rings. The fourth-order valence-electron chi connectivity index (χ4n) is 2.78. The van der Waals surface area contributed by atoms with Gasteiger partial charge in [0, 0.05) is 19.0 Å². The number of likely N-dealkylation sites (tertiary alicyclic amines) is 1. The van der Waals surface area contributed by atoms with Crippen LogP contribution in [0.3, 0.4) is 0 Å². The number of amides is 1. The van der Waals surface area contributed by atoms with E-state index in [1.807, 2.05) is 0 Å². The summed E-state index contributed by atoms with van der Waals surface area (Å²) in [5.74, 6) is 0.929. The minimum Gasteiger partial charge on any atom is -0.486 e. The summed E-state index contributed by atoms with van der Waals surface area (Å²) in [6.07, 6.45) is 0.379. The van der Waals surface area contributed by atoms with Crippen molar-refractivity contribution in [3.8, 4) is 5.75 Å². The lowest BCUT2D eigenvalue weighted by Crippen LogP contribution is -2.30. The molecule has 2 aromatic rings. The van der Waals surface area contributed by atoms with Gasteiger partial charge in [-0.3, -0.25) is 4.79 Å². The molecule has 1 saturated heterocycles. The van der Waals surface area contributed by atoms with Crippen molar-refractivity contribution < 1.29 is 23.4 Å². The zero-order valence-electron chi connectivity index (χ0n) is 13.4. The van der Waals surface area contributed by atoms with Gasteiger partial charge in [-0.1, -0.05) is 0 Å². The Morgan fingerprint density at radius 2 is 2.12 bits per heavy atom. The van der Waals surface area contributed by atoms with Crippen LogP contribution < -0.4 is 4.74 Å². The van der Waals surface area contributed by atoms with Crippen LogP contribution in [-0.2, 0) is 6.61 Å². The molecule has 1 aromatic heterocycles. The summed E-state index contributed by atoms with van der Waals surface area (Å²) in [4.78, 5) is 14.1. The van der Waals surface area contributed by atoms with Gasteiger partial charge >= 0.3 is 0 Å². The number of nitrogens with zero attached hydrogens (tertiary/aromatic N) is 1. The minimum atomic E-state index is -0.418. The van der Waals surface area contributed by atoms with Crippen molar-refractivity contribution in [2.75, 3.05) is 13.1 Å². The zero-order valence-corrected chi connectivity index (χ0v) is 13.4. The van der Waals surface area contributed by atoms with Crippen molar-refractivity contribution >= 4 is 5.91 Å². The highest BCUT2D eigenvalue weighted by molar-refractivity contribution is 5.91. The van der Waals surface area contributed by atoms with Crippen LogP contribution in [0.5, 0.6) is 5.75 Å². The molecule has 24 heavy (non-hydrogen) atoms. The summed E-state index contributed by atoms with van der Waals surface area (Å²) >= 11 is 0. The molecule has 1 aliphatic rings. The van der Waals surface area contributed by atoms with E-state index in [0.29, 0.717) is 24.6 Å². The fourth-order valence-corrected chi connectivity index (χ4v) is 2.78. The quantitative estimate of drug-likeness (QED) is 0.914. The number of carbonyl (C=O) groups is 1. The molecule has 6 heteroatoms. The van der Waals surface area contributed by atoms with E-state index < -0.39 is 6.10 Å². The Kier molecular flexibility index (Phi) is 4.85. The van der Waals surface area contributed by atoms with E-state index in [4.69, 9.17) is 9.15 Å². The maximum atomic E-state index is 12.8. The van der Waals surface area contributed by atoms with Crippen molar-refractivity contribution in [1.82, 2.24) is 4.90 Å². The van der Waals surface area contributed by atoms with E-state index in [9.17, 15) is 14.3 Å². The average Bonchev–Trinajstić information content (AvgIpc) is 3.23. The normalized spacial score (nSPS) is 18.6. The molecule has 0 spiro atoms. The molecule has 1 N–H and O–H groups in total. The average molecular weight is 333 g/mol. The van der Waals surface area contributed by atoms with Crippen LogP contribution in [0.2, 0.25) is 0 Å². The summed E-state index contributed by atoms with van der Waals surface area (Å²) in [5.41, 5.74) is 0. The molecular formula is C18H20FNO4. The van der Waals surface area contributed by atoms with Crippen LogP contribution in [-0.4, -0.2) is 35.1 Å². The van der Waals surface area contributed by atoms with Gasteiger partial charge in [-0.15, -0.1) is 0 Å². The highest BCUT2D eigenvalue weighted by Crippen LogP contribution is 2.22. The number of aliphatic hydroxyl groups is 1. The lowest BCUT2D eigenvalue weighted by atomic mass is 10.0. The molecule has 1 aliphatic heterocycles. The van der Waals surface area contributed by atoms with Crippen molar-refractivity contribution in [2.24, 2.45) is 5.92 Å². The Hall–Kier alpha value is -2.34. The largest absolute Gasteiger partial charge is 0.486 e. The van der Waals surface area contributed by atoms with Gasteiger partial charge in [-0.25, -0.2) is 4.39 Å². The van der Waals surface area contributed by atoms with Crippen LogP contribution in [0.1, 0.15) is 29.7 Å². The summed E-state index contributed by atoms with van der Waals surface area (Å²) in [6.45, 7) is 3.07. The first-order valence-electron chi connectivity index (χ1n) is 7.97. The van der Waals surface area contributed by atoms with Gasteiger partial charge in [0.25, 0.3) is 5.91 Å². The topological polar surface area (TPSA) is 62.9 Å². The van der Waals surface area contributed by atoms with E-state index in [1.165, 1.54) is 24.3 Å². The van der Waals surface area contributed by atoms with E-state index in [1.54, 1.807) is 24.0 Å². The van der Waals surface area contributed by atoms with Gasteiger partial charge in [0.1, 0.15) is 23.9 Å². The number of rotatable bonds is 5. The van der Waals surface area contributed by atoms with Gasteiger partial charge < -0.3 is 19.2 Å². The number of aliphatic hydroxyl groups excluding tert-OH is 1. The third-order valence-electron chi connectivity index (χ3n) is 4.26. The molecule has 1 aromatic carbocycles. The number of carbonyl (C=O) groups excluding carboxylic acids is 1. The molecule has 1 amide bonds. The standard InChI is InChI=1S/C18H20FNO4/c1-12(21)13-8-9-20(10-13)18(22)17-7-6-16(24-17)11-23-15-4-2-14(19)3-5-15/h2-7,12-13,21H,8-11H2,1H3. The van der Waals surface area contributed by atoms with E-state index in [2.05, 4.69) is 0 Å². The Bertz CT molecular complexity index is 695. The number of halogens is 1. The third kappa shape index (κ3) is 3.76. The second kappa shape index (κ2) is 7.05.